The number of benzene rings is 1. The summed E-state index contributed by atoms with van der Waals surface area (Å²) in [4.78, 5) is 23.2. The van der Waals surface area contributed by atoms with Crippen molar-refractivity contribution in [2.24, 2.45) is 11.3 Å². The lowest BCUT2D eigenvalue weighted by Gasteiger charge is -2.32. The molecule has 3 N–H and O–H groups in total. The van der Waals surface area contributed by atoms with E-state index in [2.05, 4.69) is 6.92 Å². The molecule has 0 bridgehead atoms. The monoisotopic (exact) mass is 368 g/mol. The first kappa shape index (κ1) is 17.3. The molecular weight excluding hydrogens is 351 g/mol. The van der Waals surface area contributed by atoms with Crippen LogP contribution in [-0.4, -0.2) is 18.3 Å². The minimum atomic E-state index is -0.463. The van der Waals surface area contributed by atoms with Crippen LogP contribution in [0.4, 0.5) is 0 Å². The van der Waals surface area contributed by atoms with Crippen molar-refractivity contribution in [3.05, 3.63) is 33.3 Å². The molecule has 2 aliphatic carbocycles. The van der Waals surface area contributed by atoms with E-state index in [1.165, 1.54) is 0 Å². The Kier molecular flexibility index (Phi) is 4.60. The lowest BCUT2D eigenvalue weighted by Crippen LogP contribution is -2.34. The highest BCUT2D eigenvalue weighted by Crippen LogP contribution is 2.57. The van der Waals surface area contributed by atoms with Gasteiger partial charge < -0.3 is 4.74 Å². The Balaban J connectivity index is 2.05. The van der Waals surface area contributed by atoms with Crippen LogP contribution in [0.3, 0.4) is 0 Å². The average molecular weight is 369 g/mol. The molecule has 1 aromatic carbocycles. The molecule has 0 spiro atoms. The van der Waals surface area contributed by atoms with Gasteiger partial charge in [0.2, 0.25) is 0 Å². The second-order valence-electron chi connectivity index (χ2n) is 6.23. The number of hydrogen-bond donors (Lipinski definition) is 2. The molecule has 1 amide bonds. The molecule has 0 saturated heterocycles. The van der Waals surface area contributed by atoms with Crippen molar-refractivity contribution in [2.75, 3.05) is 6.61 Å². The Bertz CT molecular complexity index is 761. The van der Waals surface area contributed by atoms with E-state index in [-0.39, 0.29) is 22.8 Å². The molecule has 0 saturated carbocycles. The van der Waals surface area contributed by atoms with Crippen molar-refractivity contribution in [2.45, 2.75) is 32.6 Å². The van der Waals surface area contributed by atoms with E-state index in [1.807, 2.05) is 11.5 Å². The summed E-state index contributed by atoms with van der Waals surface area (Å²) >= 11 is 12.8. The third-order valence-corrected chi connectivity index (χ3v) is 5.83. The zero-order valence-electron chi connectivity index (χ0n) is 13.2. The van der Waals surface area contributed by atoms with Crippen LogP contribution in [0.1, 0.15) is 37.3 Å². The smallest absolute Gasteiger partial charge is 0.271 e. The first-order chi connectivity index (χ1) is 11.4. The van der Waals surface area contributed by atoms with Crippen LogP contribution in [0.2, 0.25) is 10.0 Å². The zero-order valence-corrected chi connectivity index (χ0v) is 14.8. The summed E-state index contributed by atoms with van der Waals surface area (Å²) in [7, 11) is 0. The van der Waals surface area contributed by atoms with Gasteiger partial charge in [-0.2, -0.15) is 0 Å². The van der Waals surface area contributed by atoms with Gasteiger partial charge in [-0.3, -0.25) is 15.0 Å². The van der Waals surface area contributed by atoms with Gasteiger partial charge in [0.15, 0.2) is 12.4 Å². The summed E-state index contributed by atoms with van der Waals surface area (Å²) < 4.78 is 5.44. The van der Waals surface area contributed by atoms with Crippen molar-refractivity contribution in [1.29, 1.82) is 0 Å². The van der Waals surface area contributed by atoms with E-state index in [1.54, 1.807) is 6.08 Å². The summed E-state index contributed by atoms with van der Waals surface area (Å²) in [5.41, 5.74) is 4.74. The van der Waals surface area contributed by atoms with E-state index < -0.39 is 5.91 Å². The highest BCUT2D eigenvalue weighted by molar-refractivity contribution is 6.44. The van der Waals surface area contributed by atoms with E-state index in [0.29, 0.717) is 17.2 Å². The van der Waals surface area contributed by atoms with Gasteiger partial charge >= 0.3 is 0 Å². The third kappa shape index (κ3) is 2.70. The molecule has 1 aromatic rings. The second kappa shape index (κ2) is 6.39. The molecule has 2 aliphatic rings. The fraction of sp³-hybridized carbons (Fsp3) is 0.412. The van der Waals surface area contributed by atoms with Crippen LogP contribution in [0.25, 0.3) is 5.57 Å². The summed E-state index contributed by atoms with van der Waals surface area (Å²) in [5.74, 6) is 5.05. The molecule has 128 valence electrons. The third-order valence-electron chi connectivity index (χ3n) is 4.98. The summed E-state index contributed by atoms with van der Waals surface area (Å²) in [6, 6.07) is 1.81. The fourth-order valence-corrected chi connectivity index (χ4v) is 4.15. The van der Waals surface area contributed by atoms with Gasteiger partial charge in [0.1, 0.15) is 10.8 Å². The molecule has 0 radical (unpaired) electrons. The van der Waals surface area contributed by atoms with Crippen molar-refractivity contribution in [1.82, 2.24) is 5.43 Å². The van der Waals surface area contributed by atoms with Crippen LogP contribution in [0.15, 0.2) is 12.1 Å². The van der Waals surface area contributed by atoms with Gasteiger partial charge in [-0.15, -0.1) is 0 Å². The van der Waals surface area contributed by atoms with Crippen LogP contribution in [-0.2, 0) is 16.0 Å². The van der Waals surface area contributed by atoms with Crippen LogP contribution in [0.5, 0.6) is 5.75 Å². The quantitative estimate of drug-likeness (QED) is 0.486. The highest BCUT2D eigenvalue weighted by Gasteiger charge is 2.44. The SMILES string of the molecule is CCC12CCC(=O)C=C1c1c(cc(OCC(=O)NN)c(Cl)c1Cl)C2. The maximum absolute atomic E-state index is 11.9. The van der Waals surface area contributed by atoms with Gasteiger partial charge in [0.25, 0.3) is 5.91 Å². The molecule has 0 aromatic heterocycles. The number of ether oxygens (including phenoxy) is 1. The molecule has 0 aliphatic heterocycles. The molecule has 5 nitrogen and oxygen atoms in total. The van der Waals surface area contributed by atoms with Crippen molar-refractivity contribution in [3.63, 3.8) is 0 Å². The minimum Gasteiger partial charge on any atom is -0.482 e. The van der Waals surface area contributed by atoms with E-state index >= 15 is 0 Å². The molecular formula is C17H18Cl2N2O3. The van der Waals surface area contributed by atoms with Gasteiger partial charge in [-0.25, -0.2) is 5.84 Å². The first-order valence-corrected chi connectivity index (χ1v) is 8.56. The van der Waals surface area contributed by atoms with Crippen molar-refractivity contribution < 1.29 is 14.3 Å². The van der Waals surface area contributed by atoms with Gasteiger partial charge in [0.05, 0.1) is 5.02 Å². The van der Waals surface area contributed by atoms with Crippen LogP contribution < -0.4 is 16.0 Å². The number of hydrogen-bond acceptors (Lipinski definition) is 4. The normalized spacial score (nSPS) is 21.8. The van der Waals surface area contributed by atoms with E-state index in [0.717, 1.165) is 36.0 Å². The Morgan fingerprint density at radius 2 is 2.17 bits per heavy atom. The molecule has 24 heavy (non-hydrogen) atoms. The number of nitrogens with two attached hydrogens (primary N) is 1. The standard InChI is InChI=1S/C17H18Cl2N2O3/c1-2-17-4-3-10(22)6-11(17)14-9(7-17)5-12(15(18)16(14)19)24-8-13(23)21-20/h5-6H,2-4,7-8,20H2,1H3,(H,21,23). The Morgan fingerprint density at radius 1 is 1.42 bits per heavy atom. The number of allylic oxidation sites excluding steroid dienone is 2. The Morgan fingerprint density at radius 3 is 2.83 bits per heavy atom. The minimum absolute atomic E-state index is 0.0729. The number of halogens is 2. The number of amides is 1. The summed E-state index contributed by atoms with van der Waals surface area (Å²) in [5, 5.41) is 0.611. The molecule has 1 unspecified atom stereocenters. The first-order valence-electron chi connectivity index (χ1n) is 7.80. The molecule has 0 heterocycles. The predicted molar refractivity (Wildman–Crippen MR) is 92.9 cm³/mol. The zero-order chi connectivity index (χ0) is 17.5. The molecule has 0 fully saturated rings. The van der Waals surface area contributed by atoms with E-state index in [4.69, 9.17) is 33.8 Å². The molecule has 7 heteroatoms. The van der Waals surface area contributed by atoms with Crippen molar-refractivity contribution in [3.8, 4) is 5.75 Å². The summed E-state index contributed by atoms with van der Waals surface area (Å²) in [6.07, 6.45) is 4.78. The topological polar surface area (TPSA) is 81.4 Å². The number of carbonyl (C=O) groups excluding carboxylic acids is 2. The number of rotatable bonds is 4. The molecule has 3 rings (SSSR count). The predicted octanol–water partition coefficient (Wildman–Crippen LogP) is 3.06. The van der Waals surface area contributed by atoms with Crippen LogP contribution in [0, 0.1) is 5.41 Å². The average Bonchev–Trinajstić information content (AvgIpc) is 2.90. The van der Waals surface area contributed by atoms with Gasteiger partial charge in [0, 0.05) is 17.4 Å². The lowest BCUT2D eigenvalue weighted by atomic mass is 9.71. The number of fused-ring (bicyclic) bond motifs is 3. The summed E-state index contributed by atoms with van der Waals surface area (Å²) in [6.45, 7) is 1.87. The number of hydrazine groups is 1. The lowest BCUT2D eigenvalue weighted by molar-refractivity contribution is -0.123. The van der Waals surface area contributed by atoms with E-state index in [9.17, 15) is 9.59 Å². The Hall–Kier alpha value is -1.56. The highest BCUT2D eigenvalue weighted by atomic mass is 35.5. The second-order valence-corrected chi connectivity index (χ2v) is 6.98. The number of nitrogens with one attached hydrogen (secondary N) is 1. The van der Waals surface area contributed by atoms with Gasteiger partial charge in [-0.1, -0.05) is 30.1 Å². The maximum Gasteiger partial charge on any atom is 0.271 e. The molecule has 1 atom stereocenters. The Labute approximate surface area is 150 Å². The van der Waals surface area contributed by atoms with Crippen molar-refractivity contribution >= 4 is 40.5 Å². The fourth-order valence-electron chi connectivity index (χ4n) is 3.63. The number of ketones is 1. The van der Waals surface area contributed by atoms with Gasteiger partial charge in [-0.05, 0) is 42.5 Å². The maximum atomic E-state index is 11.9. The number of carbonyl (C=O) groups is 2. The van der Waals surface area contributed by atoms with Crippen LogP contribution >= 0.6 is 23.2 Å². The largest absolute Gasteiger partial charge is 0.482 e.